The molecule has 0 saturated heterocycles. The molecule has 0 saturated carbocycles. The second-order valence-electron chi connectivity index (χ2n) is 3.98. The van der Waals surface area contributed by atoms with Crippen molar-refractivity contribution in [3.8, 4) is 0 Å². The van der Waals surface area contributed by atoms with Crippen LogP contribution in [0.2, 0.25) is 5.02 Å². The van der Waals surface area contributed by atoms with Gasteiger partial charge in [0.2, 0.25) is 5.91 Å². The van der Waals surface area contributed by atoms with Crippen LogP contribution < -0.4 is 10.0 Å². The molecule has 0 heterocycles. The molecule has 6 nitrogen and oxygen atoms in total. The van der Waals surface area contributed by atoms with Crippen LogP contribution in [0.4, 0.5) is 0 Å². The maximum absolute atomic E-state index is 11.5. The molecule has 0 aliphatic heterocycles. The van der Waals surface area contributed by atoms with Crippen LogP contribution in [0.3, 0.4) is 0 Å². The molecule has 19 heavy (non-hydrogen) atoms. The van der Waals surface area contributed by atoms with Gasteiger partial charge in [-0.1, -0.05) is 29.8 Å². The lowest BCUT2D eigenvalue weighted by Crippen LogP contribution is -2.41. The molecule has 2 N–H and O–H groups in total. The van der Waals surface area contributed by atoms with E-state index in [1.807, 2.05) is 6.07 Å². The van der Waals surface area contributed by atoms with E-state index in [0.29, 0.717) is 5.02 Å². The minimum atomic E-state index is -3.59. The lowest BCUT2D eigenvalue weighted by atomic mass is 10.2. The summed E-state index contributed by atoms with van der Waals surface area (Å²) < 4.78 is 25.9. The molecule has 0 atom stereocenters. The van der Waals surface area contributed by atoms with Gasteiger partial charge in [-0.3, -0.25) is 4.79 Å². The van der Waals surface area contributed by atoms with Crippen molar-refractivity contribution in [3.63, 3.8) is 0 Å². The summed E-state index contributed by atoms with van der Waals surface area (Å²) in [5.41, 5.74) is 0.771. The summed E-state index contributed by atoms with van der Waals surface area (Å²) in [7, 11) is -0.830. The van der Waals surface area contributed by atoms with Gasteiger partial charge >= 0.3 is 0 Å². The van der Waals surface area contributed by atoms with Gasteiger partial charge in [0, 0.05) is 25.7 Å². The summed E-state index contributed by atoms with van der Waals surface area (Å²) in [6.45, 7) is -0.0623. The topological polar surface area (TPSA) is 78.5 Å². The van der Waals surface area contributed by atoms with E-state index >= 15 is 0 Å². The Morgan fingerprint density at radius 1 is 1.32 bits per heavy atom. The highest BCUT2D eigenvalue weighted by Crippen LogP contribution is 2.13. The number of hydrogen-bond donors (Lipinski definition) is 2. The Morgan fingerprint density at radius 2 is 1.95 bits per heavy atom. The van der Waals surface area contributed by atoms with Crippen LogP contribution in [0.1, 0.15) is 5.56 Å². The van der Waals surface area contributed by atoms with Crippen LogP contribution in [0.25, 0.3) is 0 Å². The van der Waals surface area contributed by atoms with Crippen molar-refractivity contribution in [2.75, 3.05) is 20.6 Å². The monoisotopic (exact) mass is 305 g/mol. The van der Waals surface area contributed by atoms with Crippen LogP contribution in [-0.2, 0) is 21.5 Å². The first-order valence-corrected chi connectivity index (χ1v) is 7.32. The van der Waals surface area contributed by atoms with E-state index in [4.69, 9.17) is 11.6 Å². The number of benzene rings is 1. The number of nitrogens with one attached hydrogen (secondary N) is 2. The zero-order valence-electron chi connectivity index (χ0n) is 10.7. The first-order chi connectivity index (χ1) is 8.83. The van der Waals surface area contributed by atoms with Gasteiger partial charge in [0.05, 0.1) is 6.54 Å². The van der Waals surface area contributed by atoms with Crippen LogP contribution >= 0.6 is 11.6 Å². The summed E-state index contributed by atoms with van der Waals surface area (Å²) in [5.74, 6) is -0.426. The maximum atomic E-state index is 11.5. The lowest BCUT2D eigenvalue weighted by Gasteiger charge is -2.12. The van der Waals surface area contributed by atoms with Crippen molar-refractivity contribution >= 4 is 27.7 Å². The molecule has 0 spiro atoms. The minimum absolute atomic E-state index is 0.252. The van der Waals surface area contributed by atoms with Crippen LogP contribution in [0.15, 0.2) is 24.3 Å². The van der Waals surface area contributed by atoms with E-state index in [-0.39, 0.29) is 13.1 Å². The zero-order valence-corrected chi connectivity index (χ0v) is 12.3. The number of carbonyl (C=O) groups is 1. The molecule has 0 unspecified atom stereocenters. The van der Waals surface area contributed by atoms with E-state index in [1.165, 1.54) is 14.1 Å². The standard InChI is InChI=1S/C11H16ClN3O3S/c1-15(2)19(17,18)14-8-11(16)13-7-9-5-3-4-6-10(9)12/h3-6,14H,7-8H2,1-2H3,(H,13,16). The Balaban J connectivity index is 2.43. The van der Waals surface area contributed by atoms with Gasteiger partial charge in [-0.15, -0.1) is 0 Å². The molecule has 1 rings (SSSR count). The molecule has 0 radical (unpaired) electrons. The third-order valence-electron chi connectivity index (χ3n) is 2.33. The molecule has 106 valence electrons. The highest BCUT2D eigenvalue weighted by Gasteiger charge is 2.14. The maximum Gasteiger partial charge on any atom is 0.279 e. The predicted molar refractivity (Wildman–Crippen MR) is 73.9 cm³/mol. The summed E-state index contributed by atoms with van der Waals surface area (Å²) in [5, 5.41) is 3.13. The molecule has 8 heteroatoms. The number of rotatable bonds is 6. The van der Waals surface area contributed by atoms with E-state index in [2.05, 4.69) is 10.0 Å². The SMILES string of the molecule is CN(C)S(=O)(=O)NCC(=O)NCc1ccccc1Cl. The van der Waals surface area contributed by atoms with Gasteiger partial charge in [0.15, 0.2) is 0 Å². The molecular formula is C11H16ClN3O3S. The Kier molecular flexibility index (Phi) is 5.74. The van der Waals surface area contributed by atoms with Crippen molar-refractivity contribution in [1.29, 1.82) is 0 Å². The molecule has 1 aromatic carbocycles. The Labute approximate surface area is 117 Å². The number of nitrogens with zero attached hydrogens (tertiary/aromatic N) is 1. The van der Waals surface area contributed by atoms with Gasteiger partial charge in [-0.05, 0) is 11.6 Å². The summed E-state index contributed by atoms with van der Waals surface area (Å²) in [6.07, 6.45) is 0. The van der Waals surface area contributed by atoms with Crippen molar-refractivity contribution in [2.24, 2.45) is 0 Å². The van der Waals surface area contributed by atoms with E-state index < -0.39 is 16.1 Å². The van der Waals surface area contributed by atoms with E-state index in [1.54, 1.807) is 18.2 Å². The first-order valence-electron chi connectivity index (χ1n) is 5.50. The molecule has 0 fully saturated rings. The largest absolute Gasteiger partial charge is 0.351 e. The van der Waals surface area contributed by atoms with Crippen molar-refractivity contribution < 1.29 is 13.2 Å². The van der Waals surface area contributed by atoms with Gasteiger partial charge < -0.3 is 5.32 Å². The Hall–Kier alpha value is -1.15. The van der Waals surface area contributed by atoms with Gasteiger partial charge in [0.25, 0.3) is 10.2 Å². The fraction of sp³-hybridized carbons (Fsp3) is 0.364. The summed E-state index contributed by atoms with van der Waals surface area (Å²) in [4.78, 5) is 11.5. The molecular weight excluding hydrogens is 290 g/mol. The second-order valence-corrected chi connectivity index (χ2v) is 6.35. The lowest BCUT2D eigenvalue weighted by molar-refractivity contribution is -0.120. The van der Waals surface area contributed by atoms with Crippen molar-refractivity contribution in [2.45, 2.75) is 6.54 Å². The van der Waals surface area contributed by atoms with Gasteiger partial charge in [-0.2, -0.15) is 17.4 Å². The first kappa shape index (κ1) is 15.9. The zero-order chi connectivity index (χ0) is 14.5. The minimum Gasteiger partial charge on any atom is -0.351 e. The number of carbonyl (C=O) groups excluding carboxylic acids is 1. The molecule has 0 bridgehead atoms. The quantitative estimate of drug-likeness (QED) is 0.796. The fourth-order valence-electron chi connectivity index (χ4n) is 1.18. The average Bonchev–Trinajstić information content (AvgIpc) is 2.35. The van der Waals surface area contributed by atoms with Crippen molar-refractivity contribution in [1.82, 2.24) is 14.3 Å². The number of amides is 1. The molecule has 1 amide bonds. The molecule has 0 aromatic heterocycles. The average molecular weight is 306 g/mol. The highest BCUT2D eigenvalue weighted by atomic mass is 35.5. The van der Waals surface area contributed by atoms with E-state index in [0.717, 1.165) is 9.87 Å². The van der Waals surface area contributed by atoms with Crippen LogP contribution in [-0.4, -0.2) is 39.3 Å². The van der Waals surface area contributed by atoms with Crippen LogP contribution in [0.5, 0.6) is 0 Å². The highest BCUT2D eigenvalue weighted by molar-refractivity contribution is 7.87. The predicted octanol–water partition coefficient (Wildman–Crippen LogP) is 0.352. The van der Waals surface area contributed by atoms with E-state index in [9.17, 15) is 13.2 Å². The van der Waals surface area contributed by atoms with Crippen molar-refractivity contribution in [3.05, 3.63) is 34.9 Å². The molecule has 0 aliphatic rings. The Morgan fingerprint density at radius 3 is 2.53 bits per heavy atom. The number of hydrogen-bond acceptors (Lipinski definition) is 3. The number of halogens is 1. The van der Waals surface area contributed by atoms with Crippen LogP contribution in [0, 0.1) is 0 Å². The third kappa shape index (κ3) is 5.15. The molecule has 0 aliphatic carbocycles. The summed E-state index contributed by atoms with van der Waals surface area (Å²) >= 11 is 5.93. The normalized spacial score (nSPS) is 11.6. The molecule has 1 aromatic rings. The Bertz CT molecular complexity index is 546. The van der Waals surface area contributed by atoms with Gasteiger partial charge in [0.1, 0.15) is 0 Å². The summed E-state index contributed by atoms with van der Waals surface area (Å²) in [6, 6.07) is 7.10. The second kappa shape index (κ2) is 6.85. The van der Waals surface area contributed by atoms with Gasteiger partial charge in [-0.25, -0.2) is 0 Å². The smallest absolute Gasteiger partial charge is 0.279 e. The third-order valence-corrected chi connectivity index (χ3v) is 4.17. The fourth-order valence-corrected chi connectivity index (χ4v) is 1.96.